The van der Waals surface area contributed by atoms with Gasteiger partial charge in [0.25, 0.3) is 11.8 Å². The number of hydrogen-bond acceptors (Lipinski definition) is 6. The first kappa shape index (κ1) is 23.0. The molecule has 2 amide bonds. The molecular formula is C26H31N3O4. The number of carbonyl (C=O) groups is 2. The normalized spacial score (nSPS) is 18.4. The third-order valence-electron chi connectivity index (χ3n) is 6.13. The van der Waals surface area contributed by atoms with Crippen LogP contribution in [0.5, 0.6) is 5.75 Å². The Balaban J connectivity index is 1.65. The van der Waals surface area contributed by atoms with Crippen LogP contribution in [0.15, 0.2) is 54.5 Å². The van der Waals surface area contributed by atoms with E-state index in [-0.39, 0.29) is 17.9 Å². The zero-order valence-corrected chi connectivity index (χ0v) is 19.3. The van der Waals surface area contributed by atoms with Gasteiger partial charge < -0.3 is 14.4 Å². The van der Waals surface area contributed by atoms with Gasteiger partial charge in [0.2, 0.25) is 0 Å². The largest absolute Gasteiger partial charge is 0.494 e. The number of ether oxygens (including phenoxy) is 2. The molecule has 0 radical (unpaired) electrons. The van der Waals surface area contributed by atoms with E-state index < -0.39 is 0 Å². The summed E-state index contributed by atoms with van der Waals surface area (Å²) in [6.07, 6.45) is 6.02. The molecule has 0 N–H and O–H groups in total. The number of imide groups is 1. The highest BCUT2D eigenvalue weighted by Gasteiger charge is 2.42. The van der Waals surface area contributed by atoms with Crippen molar-refractivity contribution in [3.63, 3.8) is 0 Å². The molecule has 1 aromatic carbocycles. The first-order valence-corrected chi connectivity index (χ1v) is 11.7. The molecule has 2 aliphatic rings. The molecule has 0 saturated carbocycles. The maximum absolute atomic E-state index is 13.6. The zero-order valence-electron chi connectivity index (χ0n) is 19.3. The number of benzene rings is 1. The van der Waals surface area contributed by atoms with Gasteiger partial charge in [-0.15, -0.1) is 0 Å². The molecule has 0 bridgehead atoms. The molecule has 2 aliphatic heterocycles. The molecule has 2 aromatic rings. The van der Waals surface area contributed by atoms with Crippen LogP contribution in [-0.4, -0.2) is 65.6 Å². The SMILES string of the molecule is CCOc1ccc(C2=C(N(CC)CCc3ccncc3)C(=O)N(CC3CCCO3)C2=O)cc1. The number of nitrogens with zero attached hydrogens (tertiary/aromatic N) is 3. The average molecular weight is 450 g/mol. The maximum Gasteiger partial charge on any atom is 0.277 e. The summed E-state index contributed by atoms with van der Waals surface area (Å²) in [4.78, 5) is 34.6. The topological polar surface area (TPSA) is 72.0 Å². The summed E-state index contributed by atoms with van der Waals surface area (Å²) in [6, 6.07) is 11.4. The third-order valence-corrected chi connectivity index (χ3v) is 6.13. The first-order valence-electron chi connectivity index (χ1n) is 11.7. The van der Waals surface area contributed by atoms with Gasteiger partial charge in [0.15, 0.2) is 0 Å². The molecule has 1 aromatic heterocycles. The van der Waals surface area contributed by atoms with Crippen LogP contribution in [0.2, 0.25) is 0 Å². The average Bonchev–Trinajstić information content (AvgIpc) is 3.44. The van der Waals surface area contributed by atoms with E-state index in [1.54, 1.807) is 12.4 Å². The van der Waals surface area contributed by atoms with Gasteiger partial charge in [0.1, 0.15) is 11.4 Å². The van der Waals surface area contributed by atoms with Gasteiger partial charge in [0, 0.05) is 32.1 Å². The molecule has 7 nitrogen and oxygen atoms in total. The van der Waals surface area contributed by atoms with Crippen LogP contribution in [-0.2, 0) is 20.7 Å². The number of aromatic nitrogens is 1. The highest BCUT2D eigenvalue weighted by Crippen LogP contribution is 2.33. The van der Waals surface area contributed by atoms with E-state index in [0.717, 1.165) is 36.1 Å². The van der Waals surface area contributed by atoms with Gasteiger partial charge >= 0.3 is 0 Å². The van der Waals surface area contributed by atoms with Crippen molar-refractivity contribution >= 4 is 17.4 Å². The fourth-order valence-corrected chi connectivity index (χ4v) is 4.40. The number of likely N-dealkylation sites (N-methyl/N-ethyl adjacent to an activating group) is 1. The van der Waals surface area contributed by atoms with E-state index in [1.807, 2.05) is 55.1 Å². The minimum absolute atomic E-state index is 0.0919. The van der Waals surface area contributed by atoms with Crippen LogP contribution in [0, 0.1) is 0 Å². The van der Waals surface area contributed by atoms with Crippen LogP contribution >= 0.6 is 0 Å². The van der Waals surface area contributed by atoms with E-state index in [2.05, 4.69) is 4.98 Å². The van der Waals surface area contributed by atoms with Crippen LogP contribution in [0.3, 0.4) is 0 Å². The summed E-state index contributed by atoms with van der Waals surface area (Å²) in [7, 11) is 0. The van der Waals surface area contributed by atoms with Crippen molar-refractivity contribution in [3.8, 4) is 5.75 Å². The fourth-order valence-electron chi connectivity index (χ4n) is 4.40. The van der Waals surface area contributed by atoms with Gasteiger partial charge in [-0.3, -0.25) is 19.5 Å². The Morgan fingerprint density at radius 2 is 1.85 bits per heavy atom. The molecule has 7 heteroatoms. The molecule has 4 rings (SSSR count). The summed E-state index contributed by atoms with van der Waals surface area (Å²) in [5.41, 5.74) is 2.79. The highest BCUT2D eigenvalue weighted by atomic mass is 16.5. The van der Waals surface area contributed by atoms with Gasteiger partial charge in [0.05, 0.1) is 24.8 Å². The number of amides is 2. The van der Waals surface area contributed by atoms with E-state index in [4.69, 9.17) is 9.47 Å². The van der Waals surface area contributed by atoms with Gasteiger partial charge in [-0.05, 0) is 68.5 Å². The Hall–Kier alpha value is -3.19. The van der Waals surface area contributed by atoms with Crippen molar-refractivity contribution in [2.24, 2.45) is 0 Å². The van der Waals surface area contributed by atoms with Crippen molar-refractivity contribution in [2.45, 2.75) is 39.2 Å². The zero-order chi connectivity index (χ0) is 23.2. The predicted octanol–water partition coefficient (Wildman–Crippen LogP) is 3.30. The van der Waals surface area contributed by atoms with Gasteiger partial charge in [-0.1, -0.05) is 12.1 Å². The quantitative estimate of drug-likeness (QED) is 0.519. The second-order valence-corrected chi connectivity index (χ2v) is 8.22. The Bertz CT molecular complexity index is 998. The summed E-state index contributed by atoms with van der Waals surface area (Å²) in [6.45, 7) is 6.73. The second-order valence-electron chi connectivity index (χ2n) is 8.22. The summed E-state index contributed by atoms with van der Waals surface area (Å²) < 4.78 is 11.3. The lowest BCUT2D eigenvalue weighted by molar-refractivity contribution is -0.139. The third kappa shape index (κ3) is 5.09. The maximum atomic E-state index is 13.6. The number of carbonyl (C=O) groups excluding carboxylic acids is 2. The molecule has 1 saturated heterocycles. The molecule has 1 unspecified atom stereocenters. The molecule has 1 fully saturated rings. The Morgan fingerprint density at radius 1 is 1.09 bits per heavy atom. The van der Waals surface area contributed by atoms with Crippen molar-refractivity contribution in [3.05, 3.63) is 65.6 Å². The Labute approximate surface area is 195 Å². The minimum Gasteiger partial charge on any atom is -0.494 e. The van der Waals surface area contributed by atoms with E-state index in [0.29, 0.717) is 44.1 Å². The molecule has 0 aliphatic carbocycles. The number of rotatable bonds is 10. The van der Waals surface area contributed by atoms with Gasteiger partial charge in [-0.2, -0.15) is 0 Å². The molecule has 1 atom stereocenters. The minimum atomic E-state index is -0.253. The van der Waals surface area contributed by atoms with Crippen LogP contribution in [0.25, 0.3) is 5.57 Å². The molecular weight excluding hydrogens is 418 g/mol. The molecule has 3 heterocycles. The second kappa shape index (κ2) is 10.6. The predicted molar refractivity (Wildman–Crippen MR) is 125 cm³/mol. The van der Waals surface area contributed by atoms with E-state index in [9.17, 15) is 9.59 Å². The summed E-state index contributed by atoms with van der Waals surface area (Å²) in [5, 5.41) is 0. The smallest absolute Gasteiger partial charge is 0.277 e. The lowest BCUT2D eigenvalue weighted by atomic mass is 10.0. The van der Waals surface area contributed by atoms with Crippen molar-refractivity contribution in [1.82, 2.24) is 14.8 Å². The Morgan fingerprint density at radius 3 is 2.48 bits per heavy atom. The lowest BCUT2D eigenvalue weighted by Crippen LogP contribution is -2.40. The van der Waals surface area contributed by atoms with Crippen LogP contribution in [0.4, 0.5) is 0 Å². The molecule has 0 spiro atoms. The Kier molecular flexibility index (Phi) is 7.40. The van der Waals surface area contributed by atoms with E-state index >= 15 is 0 Å². The van der Waals surface area contributed by atoms with Crippen LogP contribution in [0.1, 0.15) is 37.8 Å². The first-order chi connectivity index (χ1) is 16.1. The highest BCUT2D eigenvalue weighted by molar-refractivity contribution is 6.35. The van der Waals surface area contributed by atoms with Crippen molar-refractivity contribution in [1.29, 1.82) is 0 Å². The van der Waals surface area contributed by atoms with Crippen molar-refractivity contribution in [2.75, 3.05) is 32.8 Å². The van der Waals surface area contributed by atoms with Crippen LogP contribution < -0.4 is 4.74 Å². The molecule has 174 valence electrons. The standard InChI is InChI=1S/C26H31N3O4/c1-3-28(16-13-19-11-14-27-15-12-19)24-23(20-7-9-21(10-8-20)32-4-2)25(30)29(26(24)31)18-22-6-5-17-33-22/h7-12,14-15,22H,3-6,13,16-18H2,1-2H3. The summed E-state index contributed by atoms with van der Waals surface area (Å²) in [5.74, 6) is 0.245. The summed E-state index contributed by atoms with van der Waals surface area (Å²) >= 11 is 0. The van der Waals surface area contributed by atoms with E-state index in [1.165, 1.54) is 4.90 Å². The lowest BCUT2D eigenvalue weighted by Gasteiger charge is -2.25. The van der Waals surface area contributed by atoms with Gasteiger partial charge in [-0.25, -0.2) is 0 Å². The number of pyridine rings is 1. The fraction of sp³-hybridized carbons (Fsp3) is 0.423. The molecule has 33 heavy (non-hydrogen) atoms. The number of hydrogen-bond donors (Lipinski definition) is 0. The monoisotopic (exact) mass is 449 g/mol. The van der Waals surface area contributed by atoms with Crippen molar-refractivity contribution < 1.29 is 19.1 Å².